The highest BCUT2D eigenvalue weighted by Gasteiger charge is 2.37. The third-order valence-electron chi connectivity index (χ3n) is 13.2. The molecule has 17 nitrogen and oxygen atoms in total. The zero-order valence-electron chi connectivity index (χ0n) is 54.5. The minimum atomic E-state index is -4.70. The first-order valence-electron chi connectivity index (χ1n) is 30.2. The molecule has 0 aliphatic rings. The number of carbonyl (C=O) groups excluding carboxylic acids is 4. The maximum atomic E-state index is 13.5. The van der Waals surface area contributed by atoms with E-state index in [1.165, 1.54) is 24.3 Å². The summed E-state index contributed by atoms with van der Waals surface area (Å²) in [6.45, 7) is 9.46. The molecule has 0 spiro atoms. The first kappa shape index (κ1) is 84.1. The predicted molar refractivity (Wildman–Crippen MR) is 364 cm³/mol. The molecule has 0 aliphatic carbocycles. The van der Waals surface area contributed by atoms with Crippen LogP contribution in [0.15, 0.2) is 146 Å². The second-order valence-electron chi connectivity index (χ2n) is 20.4. The number of carbonyl (C=O) groups is 4. The van der Waals surface area contributed by atoms with Crippen molar-refractivity contribution < 1.29 is 110 Å². The zero-order chi connectivity index (χ0) is 76.6. The van der Waals surface area contributed by atoms with E-state index in [4.69, 9.17) is 80.6 Å². The monoisotopic (exact) mass is 1540 g/mol. The van der Waals surface area contributed by atoms with E-state index in [1.807, 2.05) is 0 Å². The number of rotatable bonds is 23. The van der Waals surface area contributed by atoms with Gasteiger partial charge in [-0.05, 0) is 156 Å². The fourth-order valence-electron chi connectivity index (χ4n) is 8.77. The number of anilines is 4. The van der Waals surface area contributed by atoms with E-state index in [0.717, 1.165) is 60.7 Å². The van der Waals surface area contributed by atoms with Gasteiger partial charge in [0.2, 0.25) is 0 Å². The average molecular weight is 1540 g/mol. The van der Waals surface area contributed by atoms with E-state index in [9.17, 15) is 81.4 Å². The van der Waals surface area contributed by atoms with Crippen LogP contribution < -0.4 is 60.7 Å². The third kappa shape index (κ3) is 24.5. The first-order chi connectivity index (χ1) is 48.5. The van der Waals surface area contributed by atoms with Gasteiger partial charge < -0.3 is 65.8 Å². The largest absolute Gasteiger partial charge is 0.507 e. The van der Waals surface area contributed by atoms with Crippen molar-refractivity contribution in [3.63, 3.8) is 0 Å². The average Bonchev–Trinajstić information content (AvgIpc) is 0.819. The number of amides is 4. The summed E-state index contributed by atoms with van der Waals surface area (Å²) in [6, 6.07) is 29.8. The van der Waals surface area contributed by atoms with Crippen LogP contribution in [0.4, 0.5) is 79.8 Å². The van der Waals surface area contributed by atoms with Crippen LogP contribution in [0.1, 0.15) is 91.4 Å². The number of phenols is 1. The molecule has 0 saturated heterocycles. The van der Waals surface area contributed by atoms with Crippen LogP contribution in [0.5, 0.6) is 40.2 Å². The Labute approximate surface area is 600 Å². The molecule has 8 aromatic carbocycles. The Hall–Kier alpha value is -9.59. The van der Waals surface area contributed by atoms with Crippen LogP contribution in [0, 0.1) is 5.82 Å². The highest BCUT2D eigenvalue weighted by atomic mass is 35.5. The van der Waals surface area contributed by atoms with Crippen molar-refractivity contribution in [2.45, 2.75) is 52.4 Å². The predicted octanol–water partition coefficient (Wildman–Crippen LogP) is 18.8. The van der Waals surface area contributed by atoms with E-state index < -0.39 is 108 Å². The third-order valence-corrected chi connectivity index (χ3v) is 14.5. The van der Waals surface area contributed by atoms with Gasteiger partial charge >= 0.3 is 24.7 Å². The molecule has 0 aromatic heterocycles. The maximum Gasteiger partial charge on any atom is 0.417 e. The lowest BCUT2D eigenvalue weighted by Crippen LogP contribution is -2.19. The molecule has 8 rings (SSSR count). The lowest BCUT2D eigenvalue weighted by Gasteiger charge is -2.16. The van der Waals surface area contributed by atoms with Gasteiger partial charge in [0, 0.05) is 35.8 Å². The molecule has 0 unspecified atom stereocenters. The molecule has 0 atom stereocenters. The van der Waals surface area contributed by atoms with Crippen LogP contribution in [0.2, 0.25) is 20.1 Å². The summed E-state index contributed by atoms with van der Waals surface area (Å²) >= 11 is 22.3. The number of hydrogen-bond donors (Lipinski definition) is 7. The summed E-state index contributed by atoms with van der Waals surface area (Å²) in [5.41, 5.74) is 0.417. The Morgan fingerprint density at radius 3 is 0.883 bits per heavy atom. The van der Waals surface area contributed by atoms with Crippen LogP contribution >= 0.6 is 46.4 Å². The van der Waals surface area contributed by atoms with Gasteiger partial charge in [0.25, 0.3) is 23.6 Å². The topological polar surface area (TPSA) is 230 Å². The van der Waals surface area contributed by atoms with E-state index in [1.54, 1.807) is 89.3 Å². The summed E-state index contributed by atoms with van der Waals surface area (Å²) in [5, 5.41) is 19.9. The summed E-state index contributed by atoms with van der Waals surface area (Å²) in [4.78, 5) is 50.1. The van der Waals surface area contributed by atoms with E-state index in [2.05, 4.69) is 26.6 Å². The van der Waals surface area contributed by atoms with Gasteiger partial charge in [-0.15, -0.1) is 0 Å². The van der Waals surface area contributed by atoms with Crippen LogP contribution in [0.25, 0.3) is 0 Å². The van der Waals surface area contributed by atoms with E-state index in [-0.39, 0.29) is 87.1 Å². The Morgan fingerprint density at radius 2 is 0.641 bits per heavy atom. The van der Waals surface area contributed by atoms with Crippen molar-refractivity contribution in [2.24, 2.45) is 5.73 Å². The SMILES string of the molecule is CCOc1cccc(OCC)c1C(=O)Nc1ccc(Cl)c(C(F)(F)F)c1.CCOc1cccc(OCCN)c1C(=O)Nc1ccc(Cl)c(C(F)(F)F)c1.CCOc1cccc(OCCNC)c1C(=O)Nc1ccc(Cl)c(C(F)(F)F)c1.O=C(Nc1ccc(Cl)c(C(F)(F)F)c1)c1c(O)cccc1F. The molecule has 34 heteroatoms. The number of hydrogen-bond acceptors (Lipinski definition) is 13. The Balaban J connectivity index is 0.000000248. The van der Waals surface area contributed by atoms with Crippen LogP contribution in [0.3, 0.4) is 0 Å². The summed E-state index contributed by atoms with van der Waals surface area (Å²) < 4.78 is 202. The Kier molecular flexibility index (Phi) is 31.5. The molecular formula is C69H63Cl4F13N6O11. The van der Waals surface area contributed by atoms with Crippen molar-refractivity contribution >= 4 is 92.8 Å². The molecule has 4 amide bonds. The summed E-state index contributed by atoms with van der Waals surface area (Å²) in [5.74, 6) is -3.12. The smallest absolute Gasteiger partial charge is 0.417 e. The lowest BCUT2D eigenvalue weighted by atomic mass is 10.1. The summed E-state index contributed by atoms with van der Waals surface area (Å²) in [6.07, 6.45) is -18.6. The molecule has 0 aliphatic heterocycles. The zero-order valence-corrected chi connectivity index (χ0v) is 57.6. The number of nitrogens with one attached hydrogen (secondary N) is 5. The fourth-order valence-corrected chi connectivity index (χ4v) is 9.67. The minimum Gasteiger partial charge on any atom is -0.507 e. The van der Waals surface area contributed by atoms with Gasteiger partial charge in [-0.2, -0.15) is 52.7 Å². The number of nitrogens with two attached hydrogens (primary N) is 1. The second kappa shape index (κ2) is 38.6. The Morgan fingerprint density at radius 1 is 0.388 bits per heavy atom. The Bertz CT molecular complexity index is 4180. The normalized spacial score (nSPS) is 11.2. The number of benzene rings is 8. The first-order valence-corrected chi connectivity index (χ1v) is 31.7. The molecule has 103 heavy (non-hydrogen) atoms. The molecule has 0 bridgehead atoms. The van der Waals surface area contributed by atoms with Crippen LogP contribution in [-0.4, -0.2) is 88.5 Å². The van der Waals surface area contributed by atoms with Crippen molar-refractivity contribution in [1.82, 2.24) is 5.32 Å². The van der Waals surface area contributed by atoms with E-state index >= 15 is 0 Å². The quantitative estimate of drug-likeness (QED) is 0.0234. The van der Waals surface area contributed by atoms with E-state index in [0.29, 0.717) is 45.6 Å². The maximum absolute atomic E-state index is 13.5. The second-order valence-corrected chi connectivity index (χ2v) is 22.1. The van der Waals surface area contributed by atoms with Gasteiger partial charge in [-0.3, -0.25) is 19.2 Å². The minimum absolute atomic E-state index is 0.0412. The van der Waals surface area contributed by atoms with Gasteiger partial charge in [-0.1, -0.05) is 70.7 Å². The highest BCUT2D eigenvalue weighted by Crippen LogP contribution is 2.42. The number of alkyl halides is 12. The number of aromatic hydroxyl groups is 1. The van der Waals surface area contributed by atoms with Crippen molar-refractivity contribution in [1.29, 1.82) is 0 Å². The molecule has 0 heterocycles. The molecule has 0 fully saturated rings. The highest BCUT2D eigenvalue weighted by molar-refractivity contribution is 6.32. The van der Waals surface area contributed by atoms with Crippen molar-refractivity contribution in [3.8, 4) is 40.2 Å². The molecule has 554 valence electrons. The van der Waals surface area contributed by atoms with Gasteiger partial charge in [0.05, 0.1) is 68.8 Å². The molecular weight excluding hydrogens is 1480 g/mol. The van der Waals surface area contributed by atoms with Gasteiger partial charge in [0.1, 0.15) is 81.5 Å². The number of ether oxygens (including phenoxy) is 6. The molecule has 8 aromatic rings. The van der Waals surface area contributed by atoms with Gasteiger partial charge in [0.15, 0.2) is 0 Å². The molecule has 8 N–H and O–H groups in total. The molecule has 0 radical (unpaired) electrons. The molecule has 0 saturated carbocycles. The lowest BCUT2D eigenvalue weighted by molar-refractivity contribution is -0.138. The van der Waals surface area contributed by atoms with Crippen LogP contribution in [-0.2, 0) is 24.7 Å². The fraction of sp³-hybridized carbons (Fsp3) is 0.246. The van der Waals surface area contributed by atoms with Gasteiger partial charge in [-0.25, -0.2) is 4.39 Å². The number of likely N-dealkylation sites (N-methyl/N-ethyl adjacent to an activating group) is 1. The number of phenolic OH excluding ortho intramolecular Hbond substituents is 1. The van der Waals surface area contributed by atoms with Crippen molar-refractivity contribution in [2.75, 3.05) is 81.0 Å². The number of halogens is 17. The summed E-state index contributed by atoms with van der Waals surface area (Å²) in [7, 11) is 1.76. The standard InChI is InChI=1S/C19H20ClF3N2O3.C18H18ClF3N2O3.C18H17ClF3NO3.C14H8ClF4NO2/c1-3-27-15-5-4-6-16(28-10-9-24-2)17(15)18(26)25-12-7-8-14(20)13(11-12)19(21,22)23;1-2-26-14-4-3-5-15(27-9-8-23)16(14)17(25)24-11-6-7-13(19)12(10-11)18(20,21)22;1-3-25-14-6-5-7-15(26-4-2)16(14)17(24)23-11-8-9-13(19)12(10-11)18(20,21)22;15-9-5-4-7(6-8(9)14(17,18)19)20-13(22)12-10(16)2-1-3-11(12)21/h4-8,11,24H,3,9-10H2,1-2H3,(H,25,26);3-7,10H,2,8-9,23H2,1H3,(H,24,25);5-10H,3-4H2,1-2H3,(H,23,24);1-6,21H,(H,20,22). The van der Waals surface area contributed by atoms with Crippen molar-refractivity contribution in [3.05, 3.63) is 216 Å².